The lowest BCUT2D eigenvalue weighted by atomic mass is 10.1. The molecule has 0 spiro atoms. The molecular weight excluding hydrogens is 256 g/mol. The fraction of sp³-hybridized carbons (Fsp3) is 0.467. The van der Waals surface area contributed by atoms with Crippen LogP contribution in [-0.2, 0) is 11.2 Å². The first kappa shape index (κ1) is 16.0. The number of benzene rings is 1. The van der Waals surface area contributed by atoms with Gasteiger partial charge in [0.05, 0.1) is 0 Å². The van der Waals surface area contributed by atoms with Crippen LogP contribution in [0, 0.1) is 0 Å². The molecule has 1 aromatic rings. The Morgan fingerprint density at radius 3 is 2.40 bits per heavy atom. The van der Waals surface area contributed by atoms with Crippen LogP contribution in [-0.4, -0.2) is 29.2 Å². The van der Waals surface area contributed by atoms with E-state index in [2.05, 4.69) is 10.6 Å². The Bertz CT molecular complexity index is 434. The molecular formula is C15H22N2O3. The average Bonchev–Trinajstić information content (AvgIpc) is 2.38. The first-order valence-electron chi connectivity index (χ1n) is 6.86. The molecule has 0 heterocycles. The molecule has 0 saturated heterocycles. The molecule has 5 nitrogen and oxygen atoms in total. The van der Waals surface area contributed by atoms with Crippen molar-refractivity contribution in [3.8, 4) is 0 Å². The smallest absolute Gasteiger partial charge is 0.326 e. The van der Waals surface area contributed by atoms with Crippen LogP contribution in [0.3, 0.4) is 0 Å². The van der Waals surface area contributed by atoms with E-state index >= 15 is 0 Å². The summed E-state index contributed by atoms with van der Waals surface area (Å²) in [5.41, 5.74) is 1.13. The molecule has 0 aliphatic carbocycles. The SMILES string of the molecule is CCCC(NC(=O)NC(C)Cc1ccccc1)C(=O)O. The number of rotatable bonds is 7. The van der Waals surface area contributed by atoms with E-state index in [1.54, 1.807) is 0 Å². The number of urea groups is 1. The Morgan fingerprint density at radius 2 is 1.85 bits per heavy atom. The zero-order valence-electron chi connectivity index (χ0n) is 11.9. The maximum Gasteiger partial charge on any atom is 0.326 e. The number of carbonyl (C=O) groups excluding carboxylic acids is 1. The average molecular weight is 278 g/mol. The molecule has 110 valence electrons. The summed E-state index contributed by atoms with van der Waals surface area (Å²) < 4.78 is 0. The van der Waals surface area contributed by atoms with Crippen molar-refractivity contribution in [3.63, 3.8) is 0 Å². The number of carboxylic acid groups (broad SMARTS) is 1. The number of amides is 2. The van der Waals surface area contributed by atoms with Gasteiger partial charge in [0.2, 0.25) is 0 Å². The van der Waals surface area contributed by atoms with E-state index in [0.29, 0.717) is 19.3 Å². The van der Waals surface area contributed by atoms with Crippen molar-refractivity contribution in [2.75, 3.05) is 0 Å². The molecule has 0 saturated carbocycles. The highest BCUT2D eigenvalue weighted by Gasteiger charge is 2.19. The molecule has 0 aliphatic rings. The molecule has 0 aromatic heterocycles. The molecule has 5 heteroatoms. The third-order valence-corrected chi connectivity index (χ3v) is 2.94. The Hall–Kier alpha value is -2.04. The number of nitrogens with one attached hydrogen (secondary N) is 2. The zero-order chi connectivity index (χ0) is 15.0. The number of carboxylic acids is 1. The highest BCUT2D eigenvalue weighted by molar-refractivity contribution is 5.82. The highest BCUT2D eigenvalue weighted by atomic mass is 16.4. The van der Waals surface area contributed by atoms with E-state index in [1.165, 1.54) is 0 Å². The summed E-state index contributed by atoms with van der Waals surface area (Å²) in [7, 11) is 0. The topological polar surface area (TPSA) is 78.4 Å². The van der Waals surface area contributed by atoms with Crippen molar-refractivity contribution in [2.24, 2.45) is 0 Å². The van der Waals surface area contributed by atoms with Gasteiger partial charge in [0, 0.05) is 6.04 Å². The minimum absolute atomic E-state index is 0.0616. The first-order chi connectivity index (χ1) is 9.52. The van der Waals surface area contributed by atoms with E-state index in [9.17, 15) is 9.59 Å². The molecule has 2 atom stereocenters. The quantitative estimate of drug-likeness (QED) is 0.715. The van der Waals surface area contributed by atoms with Crippen molar-refractivity contribution >= 4 is 12.0 Å². The number of hydrogen-bond acceptors (Lipinski definition) is 2. The lowest BCUT2D eigenvalue weighted by Gasteiger charge is -2.18. The molecule has 0 aliphatic heterocycles. The first-order valence-corrected chi connectivity index (χ1v) is 6.86. The zero-order valence-corrected chi connectivity index (χ0v) is 11.9. The lowest BCUT2D eigenvalue weighted by molar-refractivity contribution is -0.139. The summed E-state index contributed by atoms with van der Waals surface area (Å²) in [5, 5.41) is 14.2. The second kappa shape index (κ2) is 8.19. The van der Waals surface area contributed by atoms with Gasteiger partial charge in [0.15, 0.2) is 0 Å². The van der Waals surface area contributed by atoms with Crippen molar-refractivity contribution in [1.29, 1.82) is 0 Å². The van der Waals surface area contributed by atoms with Gasteiger partial charge in [-0.05, 0) is 25.3 Å². The predicted octanol–water partition coefficient (Wildman–Crippen LogP) is 2.17. The second-order valence-electron chi connectivity index (χ2n) is 4.89. The third kappa shape index (κ3) is 5.73. The Kier molecular flexibility index (Phi) is 6.56. The van der Waals surface area contributed by atoms with Gasteiger partial charge in [-0.25, -0.2) is 9.59 Å². The van der Waals surface area contributed by atoms with Gasteiger partial charge < -0.3 is 15.7 Å². The standard InChI is InChI=1S/C15H22N2O3/c1-3-7-13(14(18)19)17-15(20)16-11(2)10-12-8-5-4-6-9-12/h4-6,8-9,11,13H,3,7,10H2,1-2H3,(H,18,19)(H2,16,17,20). The van der Waals surface area contributed by atoms with E-state index in [4.69, 9.17) is 5.11 Å². The van der Waals surface area contributed by atoms with E-state index in [-0.39, 0.29) is 6.04 Å². The second-order valence-corrected chi connectivity index (χ2v) is 4.89. The number of hydrogen-bond donors (Lipinski definition) is 3. The van der Waals surface area contributed by atoms with Crippen molar-refractivity contribution in [3.05, 3.63) is 35.9 Å². The van der Waals surface area contributed by atoms with Crippen molar-refractivity contribution in [1.82, 2.24) is 10.6 Å². The normalized spacial score (nSPS) is 13.3. The Labute approximate surface area is 119 Å². The molecule has 2 amide bonds. The highest BCUT2D eigenvalue weighted by Crippen LogP contribution is 2.03. The van der Waals surface area contributed by atoms with Crippen LogP contribution in [0.15, 0.2) is 30.3 Å². The van der Waals surface area contributed by atoms with Crippen molar-refractivity contribution in [2.45, 2.75) is 45.2 Å². The minimum atomic E-state index is -1.00. The fourth-order valence-electron chi connectivity index (χ4n) is 1.99. The molecule has 0 radical (unpaired) electrons. The third-order valence-electron chi connectivity index (χ3n) is 2.94. The number of carbonyl (C=O) groups is 2. The van der Waals surface area contributed by atoms with Gasteiger partial charge in [0.25, 0.3) is 0 Å². The largest absolute Gasteiger partial charge is 0.480 e. The maximum absolute atomic E-state index is 11.7. The summed E-state index contributed by atoms with van der Waals surface area (Å²) in [6.07, 6.45) is 1.84. The van der Waals surface area contributed by atoms with Crippen LogP contribution in [0.25, 0.3) is 0 Å². The van der Waals surface area contributed by atoms with Crippen LogP contribution in [0.4, 0.5) is 4.79 Å². The molecule has 2 unspecified atom stereocenters. The van der Waals surface area contributed by atoms with E-state index in [1.807, 2.05) is 44.2 Å². The Morgan fingerprint density at radius 1 is 1.20 bits per heavy atom. The minimum Gasteiger partial charge on any atom is -0.480 e. The van der Waals surface area contributed by atoms with Crippen LogP contribution in [0.2, 0.25) is 0 Å². The van der Waals surface area contributed by atoms with E-state index < -0.39 is 18.0 Å². The predicted molar refractivity (Wildman–Crippen MR) is 77.6 cm³/mol. The molecule has 1 rings (SSSR count). The van der Waals surface area contributed by atoms with Crippen LogP contribution in [0.1, 0.15) is 32.3 Å². The van der Waals surface area contributed by atoms with Gasteiger partial charge in [-0.3, -0.25) is 0 Å². The molecule has 20 heavy (non-hydrogen) atoms. The molecule has 0 fully saturated rings. The van der Waals surface area contributed by atoms with Crippen LogP contribution >= 0.6 is 0 Å². The fourth-order valence-corrected chi connectivity index (χ4v) is 1.99. The van der Waals surface area contributed by atoms with Gasteiger partial charge in [-0.1, -0.05) is 43.7 Å². The molecule has 3 N–H and O–H groups in total. The van der Waals surface area contributed by atoms with Gasteiger partial charge in [0.1, 0.15) is 6.04 Å². The lowest BCUT2D eigenvalue weighted by Crippen LogP contribution is -2.48. The summed E-state index contributed by atoms with van der Waals surface area (Å²) in [6.45, 7) is 3.77. The van der Waals surface area contributed by atoms with Gasteiger partial charge >= 0.3 is 12.0 Å². The van der Waals surface area contributed by atoms with Crippen LogP contribution in [0.5, 0.6) is 0 Å². The monoisotopic (exact) mass is 278 g/mol. The van der Waals surface area contributed by atoms with E-state index in [0.717, 1.165) is 5.56 Å². The van der Waals surface area contributed by atoms with Gasteiger partial charge in [-0.15, -0.1) is 0 Å². The van der Waals surface area contributed by atoms with Gasteiger partial charge in [-0.2, -0.15) is 0 Å². The number of aliphatic carboxylic acids is 1. The summed E-state index contributed by atoms with van der Waals surface area (Å²) in [5.74, 6) is -1.00. The molecule has 1 aromatic carbocycles. The summed E-state index contributed by atoms with van der Waals surface area (Å²) in [4.78, 5) is 22.7. The maximum atomic E-state index is 11.7. The van der Waals surface area contributed by atoms with Crippen LogP contribution < -0.4 is 10.6 Å². The Balaban J connectivity index is 2.43. The van der Waals surface area contributed by atoms with Crippen molar-refractivity contribution < 1.29 is 14.7 Å². The molecule has 0 bridgehead atoms. The summed E-state index contributed by atoms with van der Waals surface area (Å²) >= 11 is 0. The summed E-state index contributed by atoms with van der Waals surface area (Å²) in [6, 6.07) is 8.50.